The van der Waals surface area contributed by atoms with Gasteiger partial charge >= 0.3 is 0 Å². The second-order valence-corrected chi connectivity index (χ2v) is 7.53. The van der Waals surface area contributed by atoms with Crippen LogP contribution >= 0.6 is 0 Å². The van der Waals surface area contributed by atoms with E-state index in [1.807, 2.05) is 0 Å². The first-order valence-electron chi connectivity index (χ1n) is 7.96. The van der Waals surface area contributed by atoms with Gasteiger partial charge in [-0.15, -0.1) is 0 Å². The molecule has 2 heteroatoms. The Balaban J connectivity index is 1.89. The summed E-state index contributed by atoms with van der Waals surface area (Å²) in [6.45, 7) is 13.3. The molecule has 0 radical (unpaired) electrons. The molecule has 2 fully saturated rings. The molecule has 2 atom stereocenters. The molecular weight excluding hydrogens is 220 g/mol. The Morgan fingerprint density at radius 1 is 1.28 bits per heavy atom. The van der Waals surface area contributed by atoms with Gasteiger partial charge in [-0.25, -0.2) is 0 Å². The summed E-state index contributed by atoms with van der Waals surface area (Å²) >= 11 is 0. The summed E-state index contributed by atoms with van der Waals surface area (Å²) in [5.74, 6) is 0.805. The lowest BCUT2D eigenvalue weighted by molar-refractivity contribution is 0.0824. The van der Waals surface area contributed by atoms with E-state index in [1.165, 1.54) is 51.7 Å². The fraction of sp³-hybridized carbons (Fsp3) is 1.00. The molecule has 2 rings (SSSR count). The van der Waals surface area contributed by atoms with Crippen LogP contribution in [-0.4, -0.2) is 36.6 Å². The molecule has 1 N–H and O–H groups in total. The van der Waals surface area contributed by atoms with Crippen LogP contribution in [0, 0.1) is 11.3 Å². The molecule has 0 aromatic carbocycles. The highest BCUT2D eigenvalue weighted by molar-refractivity contribution is 4.90. The van der Waals surface area contributed by atoms with Crippen LogP contribution in [0.4, 0.5) is 0 Å². The van der Waals surface area contributed by atoms with Crippen molar-refractivity contribution in [1.82, 2.24) is 10.2 Å². The van der Waals surface area contributed by atoms with Gasteiger partial charge < -0.3 is 5.32 Å². The SMILES string of the molecule is CC(C)CC1CN(CC2(C)CCCC2)C(C)CN1. The van der Waals surface area contributed by atoms with Crippen molar-refractivity contribution in [2.75, 3.05) is 19.6 Å². The normalized spacial score (nSPS) is 33.2. The molecule has 18 heavy (non-hydrogen) atoms. The molecule has 1 saturated heterocycles. The zero-order chi connectivity index (χ0) is 13.2. The predicted octanol–water partition coefficient (Wildman–Crippen LogP) is 3.28. The maximum atomic E-state index is 3.73. The highest BCUT2D eigenvalue weighted by Gasteiger charge is 2.34. The second kappa shape index (κ2) is 5.92. The van der Waals surface area contributed by atoms with Crippen LogP contribution in [0.25, 0.3) is 0 Å². The van der Waals surface area contributed by atoms with Crippen molar-refractivity contribution in [3.63, 3.8) is 0 Å². The lowest BCUT2D eigenvalue weighted by Crippen LogP contribution is -2.57. The van der Waals surface area contributed by atoms with Crippen LogP contribution in [-0.2, 0) is 0 Å². The van der Waals surface area contributed by atoms with Gasteiger partial charge in [0.25, 0.3) is 0 Å². The Labute approximate surface area is 114 Å². The molecular formula is C16H32N2. The van der Waals surface area contributed by atoms with Crippen molar-refractivity contribution in [3.8, 4) is 0 Å². The highest BCUT2D eigenvalue weighted by atomic mass is 15.2. The maximum absolute atomic E-state index is 3.73. The number of nitrogens with zero attached hydrogens (tertiary/aromatic N) is 1. The molecule has 0 aromatic rings. The van der Waals surface area contributed by atoms with Crippen LogP contribution < -0.4 is 5.32 Å². The van der Waals surface area contributed by atoms with Crippen molar-refractivity contribution in [2.24, 2.45) is 11.3 Å². The van der Waals surface area contributed by atoms with E-state index >= 15 is 0 Å². The van der Waals surface area contributed by atoms with Gasteiger partial charge in [0, 0.05) is 31.7 Å². The van der Waals surface area contributed by atoms with E-state index in [2.05, 4.69) is 37.9 Å². The van der Waals surface area contributed by atoms with E-state index in [4.69, 9.17) is 0 Å². The molecule has 0 bridgehead atoms. The van der Waals surface area contributed by atoms with E-state index in [9.17, 15) is 0 Å². The first-order chi connectivity index (χ1) is 8.48. The van der Waals surface area contributed by atoms with Crippen LogP contribution in [0.1, 0.15) is 59.8 Å². The summed E-state index contributed by atoms with van der Waals surface area (Å²) in [7, 11) is 0. The summed E-state index contributed by atoms with van der Waals surface area (Å²) in [6, 6.07) is 1.43. The number of piperazine rings is 1. The molecule has 0 amide bonds. The summed E-state index contributed by atoms with van der Waals surface area (Å²) < 4.78 is 0. The molecule has 2 aliphatic rings. The van der Waals surface area contributed by atoms with E-state index in [0.717, 1.165) is 5.92 Å². The lowest BCUT2D eigenvalue weighted by atomic mass is 9.87. The van der Waals surface area contributed by atoms with Gasteiger partial charge in [-0.2, -0.15) is 0 Å². The fourth-order valence-corrected chi connectivity index (χ4v) is 3.82. The van der Waals surface area contributed by atoms with Gasteiger partial charge in [-0.1, -0.05) is 33.6 Å². The van der Waals surface area contributed by atoms with Gasteiger partial charge in [0.1, 0.15) is 0 Å². The van der Waals surface area contributed by atoms with E-state index in [1.54, 1.807) is 0 Å². The smallest absolute Gasteiger partial charge is 0.0198 e. The second-order valence-electron chi connectivity index (χ2n) is 7.53. The topological polar surface area (TPSA) is 15.3 Å². The number of hydrogen-bond donors (Lipinski definition) is 1. The molecule has 106 valence electrons. The zero-order valence-corrected chi connectivity index (χ0v) is 12.8. The van der Waals surface area contributed by atoms with E-state index in [-0.39, 0.29) is 0 Å². The highest BCUT2D eigenvalue weighted by Crippen LogP contribution is 2.38. The average molecular weight is 252 g/mol. The quantitative estimate of drug-likeness (QED) is 0.826. The average Bonchev–Trinajstić information content (AvgIpc) is 2.69. The minimum absolute atomic E-state index is 0.605. The van der Waals surface area contributed by atoms with Gasteiger partial charge in [0.15, 0.2) is 0 Å². The Hall–Kier alpha value is -0.0800. The Kier molecular flexibility index (Phi) is 4.71. The maximum Gasteiger partial charge on any atom is 0.0198 e. The summed E-state index contributed by atoms with van der Waals surface area (Å²) in [6.07, 6.45) is 7.11. The van der Waals surface area contributed by atoms with Crippen molar-refractivity contribution in [1.29, 1.82) is 0 Å². The number of nitrogens with one attached hydrogen (secondary N) is 1. The molecule has 2 nitrogen and oxygen atoms in total. The Bertz CT molecular complexity index is 256. The van der Waals surface area contributed by atoms with Gasteiger partial charge in [-0.05, 0) is 37.5 Å². The van der Waals surface area contributed by atoms with E-state index < -0.39 is 0 Å². The van der Waals surface area contributed by atoms with Gasteiger partial charge in [0.2, 0.25) is 0 Å². The van der Waals surface area contributed by atoms with Crippen molar-refractivity contribution < 1.29 is 0 Å². The number of hydrogen-bond acceptors (Lipinski definition) is 2. The molecule has 0 spiro atoms. The Morgan fingerprint density at radius 3 is 2.56 bits per heavy atom. The minimum Gasteiger partial charge on any atom is -0.311 e. The van der Waals surface area contributed by atoms with Gasteiger partial charge in [-0.3, -0.25) is 4.90 Å². The fourth-order valence-electron chi connectivity index (χ4n) is 3.82. The standard InChI is InChI=1S/C16H32N2/c1-13(2)9-15-11-18(14(3)10-17-15)12-16(4)7-5-6-8-16/h13-15,17H,5-12H2,1-4H3. The molecule has 1 aliphatic heterocycles. The molecule has 0 aromatic heterocycles. The minimum atomic E-state index is 0.605. The predicted molar refractivity (Wildman–Crippen MR) is 78.9 cm³/mol. The zero-order valence-electron chi connectivity index (χ0n) is 12.8. The third kappa shape index (κ3) is 3.71. The summed E-state index contributed by atoms with van der Waals surface area (Å²) in [5, 5.41) is 3.73. The summed E-state index contributed by atoms with van der Waals surface area (Å²) in [4.78, 5) is 2.76. The summed E-state index contributed by atoms with van der Waals surface area (Å²) in [5.41, 5.74) is 0.605. The number of rotatable bonds is 4. The lowest BCUT2D eigenvalue weighted by Gasteiger charge is -2.43. The van der Waals surface area contributed by atoms with Crippen LogP contribution in [0.2, 0.25) is 0 Å². The monoisotopic (exact) mass is 252 g/mol. The molecule has 2 unspecified atom stereocenters. The molecule has 1 heterocycles. The van der Waals surface area contributed by atoms with Crippen LogP contribution in [0.3, 0.4) is 0 Å². The van der Waals surface area contributed by atoms with Crippen molar-refractivity contribution in [2.45, 2.75) is 71.9 Å². The first-order valence-corrected chi connectivity index (χ1v) is 7.96. The third-order valence-corrected chi connectivity index (χ3v) is 4.93. The Morgan fingerprint density at radius 2 is 1.94 bits per heavy atom. The third-order valence-electron chi connectivity index (χ3n) is 4.93. The van der Waals surface area contributed by atoms with E-state index in [0.29, 0.717) is 17.5 Å². The van der Waals surface area contributed by atoms with Crippen molar-refractivity contribution in [3.05, 3.63) is 0 Å². The largest absolute Gasteiger partial charge is 0.311 e. The molecule has 1 saturated carbocycles. The van der Waals surface area contributed by atoms with Crippen molar-refractivity contribution >= 4 is 0 Å². The molecule has 1 aliphatic carbocycles. The van der Waals surface area contributed by atoms with Crippen LogP contribution in [0.5, 0.6) is 0 Å². The van der Waals surface area contributed by atoms with Gasteiger partial charge in [0.05, 0.1) is 0 Å². The van der Waals surface area contributed by atoms with Crippen LogP contribution in [0.15, 0.2) is 0 Å². The first kappa shape index (κ1) is 14.3.